The number of ether oxygens (including phenoxy) is 1. The number of rotatable bonds is 4. The summed E-state index contributed by atoms with van der Waals surface area (Å²) in [7, 11) is 1.56. The molecule has 112 valence electrons. The van der Waals surface area contributed by atoms with Crippen LogP contribution in [0, 0.1) is 6.92 Å². The summed E-state index contributed by atoms with van der Waals surface area (Å²) in [6.45, 7) is 5.90. The first-order chi connectivity index (χ1) is 9.93. The van der Waals surface area contributed by atoms with E-state index >= 15 is 0 Å². The number of H-pyrrole nitrogens is 1. The molecular weight excluding hydrogens is 268 g/mol. The third kappa shape index (κ3) is 2.99. The van der Waals surface area contributed by atoms with Crippen LogP contribution in [0.2, 0.25) is 0 Å². The topological polar surface area (TPSA) is 93.0 Å². The van der Waals surface area contributed by atoms with Crippen molar-refractivity contribution in [3.8, 4) is 5.75 Å². The molecule has 4 N–H and O–H groups in total. The van der Waals surface area contributed by atoms with Crippen molar-refractivity contribution in [1.29, 1.82) is 0 Å². The predicted octanol–water partition coefficient (Wildman–Crippen LogP) is 2.68. The lowest BCUT2D eigenvalue weighted by Gasteiger charge is -2.10. The lowest BCUT2D eigenvalue weighted by molar-refractivity contribution is 0.102. The van der Waals surface area contributed by atoms with Gasteiger partial charge in [0.1, 0.15) is 5.75 Å². The Morgan fingerprint density at radius 2 is 2.14 bits per heavy atom. The van der Waals surface area contributed by atoms with Crippen LogP contribution < -0.4 is 15.8 Å². The van der Waals surface area contributed by atoms with E-state index in [-0.39, 0.29) is 17.5 Å². The summed E-state index contributed by atoms with van der Waals surface area (Å²) in [6, 6.07) is 5.55. The zero-order valence-electron chi connectivity index (χ0n) is 12.7. The Bertz CT molecular complexity index is 662. The highest BCUT2D eigenvalue weighted by Gasteiger charge is 2.20. The van der Waals surface area contributed by atoms with Gasteiger partial charge in [0.15, 0.2) is 5.69 Å². The summed E-state index contributed by atoms with van der Waals surface area (Å²) in [4.78, 5) is 12.3. The molecule has 0 unspecified atom stereocenters. The summed E-state index contributed by atoms with van der Waals surface area (Å²) < 4.78 is 5.24. The molecule has 2 aromatic rings. The molecule has 0 spiro atoms. The lowest BCUT2D eigenvalue weighted by atomic mass is 10.1. The number of carbonyl (C=O) groups is 1. The number of anilines is 2. The maximum atomic E-state index is 12.3. The van der Waals surface area contributed by atoms with Crippen molar-refractivity contribution < 1.29 is 9.53 Å². The first kappa shape index (κ1) is 14.9. The van der Waals surface area contributed by atoms with Gasteiger partial charge in [0.2, 0.25) is 0 Å². The number of nitrogens with one attached hydrogen (secondary N) is 2. The Kier molecular flexibility index (Phi) is 4.16. The van der Waals surface area contributed by atoms with Crippen LogP contribution in [-0.4, -0.2) is 23.2 Å². The van der Waals surface area contributed by atoms with Crippen LogP contribution in [0.5, 0.6) is 5.75 Å². The van der Waals surface area contributed by atoms with Crippen LogP contribution in [0.15, 0.2) is 18.2 Å². The Balaban J connectivity index is 2.28. The van der Waals surface area contributed by atoms with E-state index in [4.69, 9.17) is 10.5 Å². The standard InChI is InChI=1S/C15H20N4O2/c1-8(2)13-12(16)14(19-18-13)15(20)17-10-7-9(3)5-6-11(10)21-4/h5-8H,16H2,1-4H3,(H,17,20)(H,18,19). The SMILES string of the molecule is COc1ccc(C)cc1NC(=O)c1n[nH]c(C(C)C)c1N. The molecular formula is C15H20N4O2. The second-order valence-electron chi connectivity index (χ2n) is 5.21. The van der Waals surface area contributed by atoms with Crippen molar-refractivity contribution in [2.24, 2.45) is 0 Å². The molecule has 6 heteroatoms. The second-order valence-corrected chi connectivity index (χ2v) is 5.21. The molecule has 0 bridgehead atoms. The Labute approximate surface area is 123 Å². The highest BCUT2D eigenvalue weighted by molar-refractivity contribution is 6.07. The average Bonchev–Trinajstić information content (AvgIpc) is 2.81. The number of carbonyl (C=O) groups excluding carboxylic acids is 1. The summed E-state index contributed by atoms with van der Waals surface area (Å²) >= 11 is 0. The Morgan fingerprint density at radius 3 is 2.71 bits per heavy atom. The molecule has 0 saturated carbocycles. The maximum Gasteiger partial charge on any atom is 0.278 e. The fraction of sp³-hybridized carbons (Fsp3) is 0.333. The molecule has 0 atom stereocenters. The van der Waals surface area contributed by atoms with E-state index in [1.807, 2.05) is 32.9 Å². The Morgan fingerprint density at radius 1 is 1.43 bits per heavy atom. The smallest absolute Gasteiger partial charge is 0.278 e. The highest BCUT2D eigenvalue weighted by atomic mass is 16.5. The van der Waals surface area contributed by atoms with Crippen LogP contribution >= 0.6 is 0 Å². The van der Waals surface area contributed by atoms with Crippen molar-refractivity contribution in [2.75, 3.05) is 18.2 Å². The number of amides is 1. The normalized spacial score (nSPS) is 10.7. The van der Waals surface area contributed by atoms with E-state index < -0.39 is 0 Å². The van der Waals surface area contributed by atoms with Crippen molar-refractivity contribution in [3.63, 3.8) is 0 Å². The number of hydrogen-bond donors (Lipinski definition) is 3. The zero-order valence-corrected chi connectivity index (χ0v) is 12.7. The van der Waals surface area contributed by atoms with Crippen LogP contribution in [0.1, 0.15) is 41.5 Å². The molecule has 1 aromatic heterocycles. The molecule has 0 aliphatic rings. The summed E-state index contributed by atoms with van der Waals surface area (Å²) in [5.74, 6) is 0.402. The largest absolute Gasteiger partial charge is 0.495 e. The van der Waals surface area contributed by atoms with Gasteiger partial charge in [0, 0.05) is 0 Å². The number of nitrogen functional groups attached to an aromatic ring is 1. The van der Waals surface area contributed by atoms with Gasteiger partial charge in [-0.15, -0.1) is 0 Å². The van der Waals surface area contributed by atoms with Gasteiger partial charge in [-0.2, -0.15) is 5.10 Å². The highest BCUT2D eigenvalue weighted by Crippen LogP contribution is 2.27. The number of nitrogens with zero attached hydrogens (tertiary/aromatic N) is 1. The molecule has 6 nitrogen and oxygen atoms in total. The van der Waals surface area contributed by atoms with E-state index in [0.717, 1.165) is 11.3 Å². The number of nitrogens with two attached hydrogens (primary N) is 1. The zero-order chi connectivity index (χ0) is 15.6. The molecule has 1 aromatic carbocycles. The Hall–Kier alpha value is -2.50. The van der Waals surface area contributed by atoms with Crippen LogP contribution in [0.4, 0.5) is 11.4 Å². The first-order valence-electron chi connectivity index (χ1n) is 6.73. The number of aromatic amines is 1. The number of aryl methyl sites for hydroxylation is 1. The van der Waals surface area contributed by atoms with E-state index in [9.17, 15) is 4.79 Å². The monoisotopic (exact) mass is 288 g/mol. The van der Waals surface area contributed by atoms with E-state index in [0.29, 0.717) is 17.1 Å². The number of benzene rings is 1. The minimum Gasteiger partial charge on any atom is -0.495 e. The quantitative estimate of drug-likeness (QED) is 0.806. The van der Waals surface area contributed by atoms with Crippen molar-refractivity contribution in [2.45, 2.75) is 26.7 Å². The lowest BCUT2D eigenvalue weighted by Crippen LogP contribution is -2.15. The molecule has 1 amide bonds. The number of aromatic nitrogens is 2. The van der Waals surface area contributed by atoms with E-state index in [1.54, 1.807) is 13.2 Å². The molecule has 0 saturated heterocycles. The molecule has 1 heterocycles. The molecule has 0 aliphatic heterocycles. The van der Waals surface area contributed by atoms with Crippen molar-refractivity contribution >= 4 is 17.3 Å². The predicted molar refractivity (Wildman–Crippen MR) is 82.8 cm³/mol. The summed E-state index contributed by atoms with van der Waals surface area (Å²) in [6.07, 6.45) is 0. The third-order valence-electron chi connectivity index (χ3n) is 3.23. The van der Waals surface area contributed by atoms with Crippen LogP contribution in [0.25, 0.3) is 0 Å². The van der Waals surface area contributed by atoms with Gasteiger partial charge in [0.25, 0.3) is 5.91 Å². The average molecular weight is 288 g/mol. The fourth-order valence-electron chi connectivity index (χ4n) is 2.08. The fourth-order valence-corrected chi connectivity index (χ4v) is 2.08. The molecule has 2 rings (SSSR count). The molecule has 0 aliphatic carbocycles. The third-order valence-corrected chi connectivity index (χ3v) is 3.23. The summed E-state index contributed by atoms with van der Waals surface area (Å²) in [5.41, 5.74) is 8.93. The molecule has 0 fully saturated rings. The molecule has 0 radical (unpaired) electrons. The van der Waals surface area contributed by atoms with E-state index in [2.05, 4.69) is 15.5 Å². The second kappa shape index (κ2) is 5.87. The number of methoxy groups -OCH3 is 1. The maximum absolute atomic E-state index is 12.3. The number of hydrogen-bond acceptors (Lipinski definition) is 4. The summed E-state index contributed by atoms with van der Waals surface area (Å²) in [5, 5.41) is 9.61. The van der Waals surface area contributed by atoms with Gasteiger partial charge in [-0.25, -0.2) is 0 Å². The minimum atomic E-state index is -0.362. The van der Waals surface area contributed by atoms with Gasteiger partial charge in [-0.3, -0.25) is 9.89 Å². The van der Waals surface area contributed by atoms with Crippen LogP contribution in [0.3, 0.4) is 0 Å². The van der Waals surface area contributed by atoms with Gasteiger partial charge < -0.3 is 15.8 Å². The van der Waals surface area contributed by atoms with E-state index in [1.165, 1.54) is 0 Å². The molecule has 21 heavy (non-hydrogen) atoms. The first-order valence-corrected chi connectivity index (χ1v) is 6.73. The van der Waals surface area contributed by atoms with Gasteiger partial charge in [0.05, 0.1) is 24.2 Å². The van der Waals surface area contributed by atoms with Gasteiger partial charge in [-0.1, -0.05) is 19.9 Å². The van der Waals surface area contributed by atoms with Crippen molar-refractivity contribution in [1.82, 2.24) is 10.2 Å². The van der Waals surface area contributed by atoms with Crippen LogP contribution in [-0.2, 0) is 0 Å². The van der Waals surface area contributed by atoms with Gasteiger partial charge in [-0.05, 0) is 30.5 Å². The van der Waals surface area contributed by atoms with Gasteiger partial charge >= 0.3 is 0 Å². The minimum absolute atomic E-state index is 0.174. The van der Waals surface area contributed by atoms with Crippen molar-refractivity contribution in [3.05, 3.63) is 35.2 Å².